The van der Waals surface area contributed by atoms with Crippen molar-refractivity contribution in [1.29, 1.82) is 0 Å². The van der Waals surface area contributed by atoms with E-state index in [9.17, 15) is 4.79 Å². The standard InChI is InChI=1S/C21H29N5O/c1-13-8-19-20(9-17(11-23-19)16-6-5-7-22-10-16)26(21(13)27)12-18-14(2)24-25(4)15(18)3/h9,11,13,16,22H,5-8,10,12H2,1-4H3. The Hall–Kier alpha value is -2.21. The van der Waals surface area contributed by atoms with Crippen molar-refractivity contribution in [3.05, 3.63) is 40.5 Å². The number of rotatable bonds is 3. The molecule has 0 aromatic carbocycles. The van der Waals surface area contributed by atoms with Crippen LogP contribution < -0.4 is 10.2 Å². The van der Waals surface area contributed by atoms with Gasteiger partial charge in [-0.3, -0.25) is 14.5 Å². The second-order valence-corrected chi connectivity index (χ2v) is 8.08. The van der Waals surface area contributed by atoms with Gasteiger partial charge in [0.25, 0.3) is 0 Å². The monoisotopic (exact) mass is 367 g/mol. The largest absolute Gasteiger partial charge is 0.316 e. The summed E-state index contributed by atoms with van der Waals surface area (Å²) in [6.07, 6.45) is 5.12. The van der Waals surface area contributed by atoms with E-state index in [-0.39, 0.29) is 11.8 Å². The van der Waals surface area contributed by atoms with Crippen molar-refractivity contribution in [2.45, 2.75) is 52.5 Å². The molecule has 6 heteroatoms. The molecular weight excluding hydrogens is 338 g/mol. The zero-order valence-corrected chi connectivity index (χ0v) is 16.7. The molecule has 4 heterocycles. The van der Waals surface area contributed by atoms with Crippen molar-refractivity contribution in [2.24, 2.45) is 13.0 Å². The molecule has 0 saturated carbocycles. The minimum atomic E-state index is -0.0375. The summed E-state index contributed by atoms with van der Waals surface area (Å²) in [5.41, 5.74) is 6.50. The third kappa shape index (κ3) is 3.27. The number of piperidine rings is 1. The molecule has 1 fully saturated rings. The maximum atomic E-state index is 13.1. The minimum absolute atomic E-state index is 0.0375. The highest BCUT2D eigenvalue weighted by Gasteiger charge is 2.33. The lowest BCUT2D eigenvalue weighted by atomic mass is 9.90. The average Bonchev–Trinajstić information content (AvgIpc) is 2.91. The summed E-state index contributed by atoms with van der Waals surface area (Å²) in [4.78, 5) is 19.8. The zero-order chi connectivity index (χ0) is 19.1. The molecule has 0 aliphatic carbocycles. The number of anilines is 1. The van der Waals surface area contributed by atoms with Crippen LogP contribution in [0.3, 0.4) is 0 Å². The molecule has 2 unspecified atom stereocenters. The number of carbonyl (C=O) groups is 1. The van der Waals surface area contributed by atoms with Gasteiger partial charge < -0.3 is 10.2 Å². The SMILES string of the molecule is Cc1nn(C)c(C)c1CN1C(=O)C(C)Cc2ncc(C3CCCNC3)cc21. The van der Waals surface area contributed by atoms with Crippen LogP contribution in [-0.2, 0) is 24.8 Å². The predicted molar refractivity (Wildman–Crippen MR) is 106 cm³/mol. The van der Waals surface area contributed by atoms with E-state index >= 15 is 0 Å². The van der Waals surface area contributed by atoms with Crippen LogP contribution in [0, 0.1) is 19.8 Å². The fourth-order valence-corrected chi connectivity index (χ4v) is 4.38. The minimum Gasteiger partial charge on any atom is -0.316 e. The van der Waals surface area contributed by atoms with E-state index in [1.54, 1.807) is 0 Å². The molecule has 4 rings (SSSR count). The number of aromatic nitrogens is 3. The predicted octanol–water partition coefficient (Wildman–Crippen LogP) is 2.62. The van der Waals surface area contributed by atoms with Gasteiger partial charge in [-0.05, 0) is 50.8 Å². The van der Waals surface area contributed by atoms with E-state index < -0.39 is 0 Å². The number of pyridine rings is 1. The van der Waals surface area contributed by atoms with Crippen LogP contribution in [-0.4, -0.2) is 33.8 Å². The average molecular weight is 367 g/mol. The fraction of sp³-hybridized carbons (Fsp3) is 0.571. The number of nitrogens with one attached hydrogen (secondary N) is 1. The molecule has 2 aliphatic heterocycles. The van der Waals surface area contributed by atoms with Gasteiger partial charge in [-0.25, -0.2) is 0 Å². The Morgan fingerprint density at radius 3 is 2.81 bits per heavy atom. The van der Waals surface area contributed by atoms with Crippen LogP contribution in [0.1, 0.15) is 53.9 Å². The molecule has 27 heavy (non-hydrogen) atoms. The number of fused-ring (bicyclic) bond motifs is 1. The number of amides is 1. The summed E-state index contributed by atoms with van der Waals surface area (Å²) in [5, 5.41) is 8.00. The number of carbonyl (C=O) groups excluding carboxylic acids is 1. The van der Waals surface area contributed by atoms with Crippen LogP contribution >= 0.6 is 0 Å². The highest BCUT2D eigenvalue weighted by molar-refractivity contribution is 5.97. The molecule has 144 valence electrons. The summed E-state index contributed by atoms with van der Waals surface area (Å²) in [7, 11) is 1.95. The van der Waals surface area contributed by atoms with Crippen molar-refractivity contribution in [1.82, 2.24) is 20.1 Å². The van der Waals surface area contributed by atoms with E-state index in [4.69, 9.17) is 4.98 Å². The van der Waals surface area contributed by atoms with E-state index in [0.717, 1.165) is 47.8 Å². The van der Waals surface area contributed by atoms with Gasteiger partial charge in [0.2, 0.25) is 5.91 Å². The maximum Gasteiger partial charge on any atom is 0.230 e. The summed E-state index contributed by atoms with van der Waals surface area (Å²) >= 11 is 0. The van der Waals surface area contributed by atoms with Gasteiger partial charge in [0.1, 0.15) is 0 Å². The van der Waals surface area contributed by atoms with Crippen molar-refractivity contribution in [2.75, 3.05) is 18.0 Å². The summed E-state index contributed by atoms with van der Waals surface area (Å²) in [5.74, 6) is 0.630. The molecule has 0 bridgehead atoms. The Labute approximate surface area is 161 Å². The van der Waals surface area contributed by atoms with Crippen LogP contribution in [0.25, 0.3) is 0 Å². The molecule has 2 atom stereocenters. The zero-order valence-electron chi connectivity index (χ0n) is 16.7. The van der Waals surface area contributed by atoms with Gasteiger partial charge in [-0.2, -0.15) is 5.10 Å². The molecule has 6 nitrogen and oxygen atoms in total. The molecule has 1 amide bonds. The number of nitrogens with zero attached hydrogens (tertiary/aromatic N) is 4. The number of aryl methyl sites for hydroxylation is 2. The Bertz CT molecular complexity index is 866. The third-order valence-corrected chi connectivity index (χ3v) is 6.19. The van der Waals surface area contributed by atoms with Gasteiger partial charge in [0, 0.05) is 43.4 Å². The normalized spacial score (nSPS) is 22.8. The van der Waals surface area contributed by atoms with Gasteiger partial charge in [-0.1, -0.05) is 6.92 Å². The highest BCUT2D eigenvalue weighted by Crippen LogP contribution is 2.34. The first-order valence-corrected chi connectivity index (χ1v) is 9.95. The number of hydrogen-bond acceptors (Lipinski definition) is 4. The maximum absolute atomic E-state index is 13.1. The molecule has 1 saturated heterocycles. The van der Waals surface area contributed by atoms with Gasteiger partial charge in [0.15, 0.2) is 0 Å². The molecule has 2 aromatic heterocycles. The lowest BCUT2D eigenvalue weighted by Crippen LogP contribution is -2.40. The second kappa shape index (κ2) is 7.08. The second-order valence-electron chi connectivity index (χ2n) is 8.08. The first kappa shape index (κ1) is 18.2. The summed E-state index contributed by atoms with van der Waals surface area (Å²) < 4.78 is 1.89. The lowest BCUT2D eigenvalue weighted by molar-refractivity contribution is -0.122. The smallest absolute Gasteiger partial charge is 0.230 e. The van der Waals surface area contributed by atoms with E-state index in [2.05, 4.69) is 23.4 Å². The van der Waals surface area contributed by atoms with E-state index in [1.165, 1.54) is 18.4 Å². The molecular formula is C21H29N5O. The Morgan fingerprint density at radius 1 is 1.33 bits per heavy atom. The Morgan fingerprint density at radius 2 is 2.15 bits per heavy atom. The van der Waals surface area contributed by atoms with E-state index in [0.29, 0.717) is 12.5 Å². The van der Waals surface area contributed by atoms with E-state index in [1.807, 2.05) is 36.7 Å². The molecule has 2 aromatic rings. The summed E-state index contributed by atoms with van der Waals surface area (Å²) in [6, 6.07) is 2.21. The third-order valence-electron chi connectivity index (χ3n) is 6.19. The van der Waals surface area contributed by atoms with Gasteiger partial charge in [0.05, 0.1) is 23.6 Å². The van der Waals surface area contributed by atoms with Gasteiger partial charge in [-0.15, -0.1) is 0 Å². The number of hydrogen-bond donors (Lipinski definition) is 1. The Kier molecular flexibility index (Phi) is 4.76. The highest BCUT2D eigenvalue weighted by atomic mass is 16.2. The van der Waals surface area contributed by atoms with Crippen molar-refractivity contribution in [3.8, 4) is 0 Å². The lowest BCUT2D eigenvalue weighted by Gasteiger charge is -2.33. The van der Waals surface area contributed by atoms with Crippen LogP contribution in [0.4, 0.5) is 5.69 Å². The van der Waals surface area contributed by atoms with Crippen molar-refractivity contribution < 1.29 is 4.79 Å². The fourth-order valence-electron chi connectivity index (χ4n) is 4.38. The first-order valence-electron chi connectivity index (χ1n) is 9.95. The Balaban J connectivity index is 1.72. The van der Waals surface area contributed by atoms with Crippen molar-refractivity contribution >= 4 is 11.6 Å². The molecule has 0 radical (unpaired) electrons. The van der Waals surface area contributed by atoms with Gasteiger partial charge >= 0.3 is 0 Å². The topological polar surface area (TPSA) is 63.1 Å². The first-order chi connectivity index (χ1) is 13.0. The van der Waals surface area contributed by atoms with Crippen LogP contribution in [0.2, 0.25) is 0 Å². The van der Waals surface area contributed by atoms with Crippen LogP contribution in [0.15, 0.2) is 12.3 Å². The quantitative estimate of drug-likeness (QED) is 0.906. The van der Waals surface area contributed by atoms with Crippen LogP contribution in [0.5, 0.6) is 0 Å². The molecule has 1 N–H and O–H groups in total. The summed E-state index contributed by atoms with van der Waals surface area (Å²) in [6.45, 7) is 8.74. The van der Waals surface area contributed by atoms with Crippen molar-refractivity contribution in [3.63, 3.8) is 0 Å². The molecule has 2 aliphatic rings. The molecule has 0 spiro atoms.